The second kappa shape index (κ2) is 7.07. The molecule has 0 atom stereocenters. The van der Waals surface area contributed by atoms with Crippen molar-refractivity contribution in [1.29, 1.82) is 0 Å². The third-order valence-corrected chi connectivity index (χ3v) is 4.07. The lowest BCUT2D eigenvalue weighted by Crippen LogP contribution is -2.41. The first-order valence-electron chi connectivity index (χ1n) is 8.05. The van der Waals surface area contributed by atoms with E-state index in [2.05, 4.69) is 43.3 Å². The van der Waals surface area contributed by atoms with Gasteiger partial charge in [-0.1, -0.05) is 13.8 Å². The molecule has 1 aromatic heterocycles. The fraction of sp³-hybridized carbons (Fsp3) is 0.750. The Morgan fingerprint density at radius 3 is 2.43 bits per heavy atom. The third kappa shape index (κ3) is 4.06. The molecule has 5 nitrogen and oxygen atoms in total. The van der Waals surface area contributed by atoms with Gasteiger partial charge in [0.25, 0.3) is 0 Å². The molecule has 0 radical (unpaired) electrons. The van der Waals surface area contributed by atoms with Gasteiger partial charge in [0.05, 0.1) is 0 Å². The maximum Gasteiger partial charge on any atom is 0.135 e. The summed E-state index contributed by atoms with van der Waals surface area (Å²) < 4.78 is 5.47. The molecule has 0 unspecified atom stereocenters. The smallest absolute Gasteiger partial charge is 0.135 e. The maximum atomic E-state index is 5.47. The Kier molecular flexibility index (Phi) is 5.39. The average molecular weight is 292 g/mol. The molecule has 0 aliphatic carbocycles. The van der Waals surface area contributed by atoms with Crippen LogP contribution in [0.5, 0.6) is 0 Å². The lowest BCUT2D eigenvalue weighted by Gasteiger charge is -2.35. The molecule has 2 heterocycles. The molecule has 0 saturated carbocycles. The van der Waals surface area contributed by atoms with Crippen LogP contribution < -0.4 is 10.6 Å². The molecule has 5 heteroatoms. The van der Waals surface area contributed by atoms with Gasteiger partial charge in [0.2, 0.25) is 0 Å². The van der Waals surface area contributed by atoms with Crippen molar-refractivity contribution in [2.45, 2.75) is 58.9 Å². The topological polar surface area (TPSA) is 59.1 Å². The summed E-state index contributed by atoms with van der Waals surface area (Å²) in [6.45, 7) is 11.2. The number of nitrogens with one attached hydrogen (secondary N) is 2. The summed E-state index contributed by atoms with van der Waals surface area (Å²) in [6, 6.07) is 0. The van der Waals surface area contributed by atoms with Crippen molar-refractivity contribution in [1.82, 2.24) is 9.97 Å². The molecule has 2 rings (SSSR count). The summed E-state index contributed by atoms with van der Waals surface area (Å²) >= 11 is 0. The molecule has 2 N–H and O–H groups in total. The van der Waals surface area contributed by atoms with Crippen LogP contribution in [0.4, 0.5) is 11.6 Å². The number of aryl methyl sites for hydroxylation is 1. The minimum Gasteiger partial charge on any atom is -0.381 e. The second-order valence-electron chi connectivity index (χ2n) is 6.04. The Labute approximate surface area is 127 Å². The van der Waals surface area contributed by atoms with Crippen molar-refractivity contribution >= 4 is 11.6 Å². The maximum absolute atomic E-state index is 5.47. The molecule has 0 aromatic carbocycles. The van der Waals surface area contributed by atoms with Crippen molar-refractivity contribution in [3.63, 3.8) is 0 Å². The zero-order chi connectivity index (χ0) is 15.3. The Morgan fingerprint density at radius 1 is 1.14 bits per heavy atom. The van der Waals surface area contributed by atoms with Gasteiger partial charge in [0.1, 0.15) is 17.5 Å². The summed E-state index contributed by atoms with van der Waals surface area (Å²) in [5.41, 5.74) is 1.16. The number of anilines is 2. The minimum absolute atomic E-state index is 0.0599. The quantitative estimate of drug-likeness (QED) is 0.843. The zero-order valence-corrected chi connectivity index (χ0v) is 13.8. The first-order chi connectivity index (χ1) is 10.1. The van der Waals surface area contributed by atoms with Gasteiger partial charge in [-0.2, -0.15) is 0 Å². The van der Waals surface area contributed by atoms with E-state index in [1.54, 1.807) is 0 Å². The van der Waals surface area contributed by atoms with E-state index in [0.717, 1.165) is 68.5 Å². The molecule has 1 aliphatic rings. The van der Waals surface area contributed by atoms with Gasteiger partial charge in [0.15, 0.2) is 0 Å². The van der Waals surface area contributed by atoms with Crippen molar-refractivity contribution in [3.05, 3.63) is 11.4 Å². The molecule has 1 fully saturated rings. The molecule has 0 spiro atoms. The molecular formula is C16H28N4O. The predicted octanol–water partition coefficient (Wildman–Crippen LogP) is 3.15. The van der Waals surface area contributed by atoms with E-state index >= 15 is 0 Å². The van der Waals surface area contributed by atoms with E-state index in [9.17, 15) is 0 Å². The second-order valence-corrected chi connectivity index (χ2v) is 6.04. The van der Waals surface area contributed by atoms with Crippen LogP contribution in [0.2, 0.25) is 0 Å². The van der Waals surface area contributed by atoms with Gasteiger partial charge in [-0.05, 0) is 33.1 Å². The average Bonchev–Trinajstić information content (AvgIpc) is 2.48. The first-order valence-corrected chi connectivity index (χ1v) is 8.05. The first kappa shape index (κ1) is 16.0. The molecule has 118 valence electrons. The molecule has 1 saturated heterocycles. The van der Waals surface area contributed by atoms with Crippen molar-refractivity contribution < 1.29 is 4.74 Å². The van der Waals surface area contributed by atoms with Crippen molar-refractivity contribution in [2.24, 2.45) is 0 Å². The van der Waals surface area contributed by atoms with Crippen LogP contribution in [0.25, 0.3) is 0 Å². The summed E-state index contributed by atoms with van der Waals surface area (Å²) in [4.78, 5) is 9.31. The molecule has 1 aliphatic heterocycles. The predicted molar refractivity (Wildman–Crippen MR) is 87.0 cm³/mol. The highest BCUT2D eigenvalue weighted by Gasteiger charge is 2.28. The Bertz CT molecular complexity index is 470. The van der Waals surface area contributed by atoms with Gasteiger partial charge in [-0.25, -0.2) is 9.97 Å². The van der Waals surface area contributed by atoms with Gasteiger partial charge in [-0.3, -0.25) is 0 Å². The molecule has 0 amide bonds. The summed E-state index contributed by atoms with van der Waals surface area (Å²) in [5.74, 6) is 2.81. The van der Waals surface area contributed by atoms with E-state index in [4.69, 9.17) is 9.72 Å². The van der Waals surface area contributed by atoms with Crippen LogP contribution in [-0.2, 0) is 11.2 Å². The fourth-order valence-corrected chi connectivity index (χ4v) is 2.49. The van der Waals surface area contributed by atoms with Gasteiger partial charge >= 0.3 is 0 Å². The van der Waals surface area contributed by atoms with Crippen LogP contribution >= 0.6 is 0 Å². The van der Waals surface area contributed by atoms with E-state index in [1.807, 2.05) is 0 Å². The van der Waals surface area contributed by atoms with E-state index < -0.39 is 0 Å². The van der Waals surface area contributed by atoms with Gasteiger partial charge < -0.3 is 15.4 Å². The number of ether oxygens (including phenoxy) is 1. The van der Waals surface area contributed by atoms with Crippen LogP contribution in [0.1, 0.15) is 51.4 Å². The SMILES string of the molecule is CCCNc1nc(CC)nc(NC2(C)CCOCC2)c1C. The van der Waals surface area contributed by atoms with Gasteiger partial charge in [-0.15, -0.1) is 0 Å². The largest absolute Gasteiger partial charge is 0.381 e. The number of nitrogens with zero attached hydrogens (tertiary/aromatic N) is 2. The third-order valence-electron chi connectivity index (χ3n) is 4.07. The highest BCUT2D eigenvalue weighted by molar-refractivity contribution is 5.58. The van der Waals surface area contributed by atoms with Crippen LogP contribution in [-0.4, -0.2) is 35.3 Å². The number of hydrogen-bond donors (Lipinski definition) is 2. The summed E-state index contributed by atoms with van der Waals surface area (Å²) in [7, 11) is 0. The lowest BCUT2D eigenvalue weighted by atomic mass is 9.92. The number of rotatable bonds is 6. The highest BCUT2D eigenvalue weighted by atomic mass is 16.5. The van der Waals surface area contributed by atoms with E-state index in [0.29, 0.717) is 0 Å². The summed E-state index contributed by atoms with van der Waals surface area (Å²) in [5, 5.41) is 7.06. The normalized spacial score (nSPS) is 17.5. The summed E-state index contributed by atoms with van der Waals surface area (Å²) in [6.07, 6.45) is 3.95. The fourth-order valence-electron chi connectivity index (χ4n) is 2.49. The van der Waals surface area contributed by atoms with Crippen molar-refractivity contribution in [2.75, 3.05) is 30.4 Å². The van der Waals surface area contributed by atoms with Crippen molar-refractivity contribution in [3.8, 4) is 0 Å². The number of aromatic nitrogens is 2. The standard InChI is InChI=1S/C16H28N4O/c1-5-9-17-14-12(3)15(19-13(6-2)18-14)20-16(4)7-10-21-11-8-16/h5-11H2,1-4H3,(H2,17,18,19,20). The Morgan fingerprint density at radius 2 is 1.81 bits per heavy atom. The highest BCUT2D eigenvalue weighted by Crippen LogP contribution is 2.28. The minimum atomic E-state index is 0.0599. The Balaban J connectivity index is 2.24. The number of hydrogen-bond acceptors (Lipinski definition) is 5. The molecule has 1 aromatic rings. The Hall–Kier alpha value is -1.36. The molecular weight excluding hydrogens is 264 g/mol. The molecule has 0 bridgehead atoms. The van der Waals surface area contributed by atoms with Crippen LogP contribution in [0.15, 0.2) is 0 Å². The zero-order valence-electron chi connectivity index (χ0n) is 13.8. The van der Waals surface area contributed by atoms with Gasteiger partial charge in [0, 0.05) is 37.3 Å². The van der Waals surface area contributed by atoms with Crippen LogP contribution in [0.3, 0.4) is 0 Å². The molecule has 21 heavy (non-hydrogen) atoms. The van der Waals surface area contributed by atoms with E-state index in [1.165, 1.54) is 0 Å². The van der Waals surface area contributed by atoms with Crippen LogP contribution in [0, 0.1) is 6.92 Å². The van der Waals surface area contributed by atoms with E-state index in [-0.39, 0.29) is 5.54 Å². The monoisotopic (exact) mass is 292 g/mol. The lowest BCUT2D eigenvalue weighted by molar-refractivity contribution is 0.0657.